The summed E-state index contributed by atoms with van der Waals surface area (Å²) in [7, 11) is 0. The first-order valence-electron chi connectivity index (χ1n) is 22.0. The van der Waals surface area contributed by atoms with Gasteiger partial charge in [0.1, 0.15) is 22.3 Å². The lowest BCUT2D eigenvalue weighted by Gasteiger charge is -2.29. The molecule has 0 unspecified atom stereocenters. The third-order valence-electron chi connectivity index (χ3n) is 12.7. The van der Waals surface area contributed by atoms with Crippen LogP contribution in [0.3, 0.4) is 0 Å². The Bertz CT molecular complexity index is 3920. The molecule has 3 aromatic heterocycles. The molecular formula is C60H39N3O2. The fraction of sp³-hybridized carbons (Fsp3) is 0. The van der Waals surface area contributed by atoms with Gasteiger partial charge in [-0.05, 0) is 114 Å². The number of rotatable bonds is 8. The molecule has 0 aliphatic carbocycles. The van der Waals surface area contributed by atoms with E-state index in [-0.39, 0.29) is 0 Å². The van der Waals surface area contributed by atoms with E-state index in [1.54, 1.807) is 0 Å². The molecule has 0 atom stereocenters. The first kappa shape index (κ1) is 36.8. The molecule has 0 amide bonds. The second kappa shape index (κ2) is 14.9. The highest BCUT2D eigenvalue weighted by molar-refractivity contribution is 6.11. The summed E-state index contributed by atoms with van der Waals surface area (Å²) in [5.41, 5.74) is 15.2. The molecule has 13 rings (SSSR count). The number of nitrogens with zero attached hydrogens (tertiary/aromatic N) is 3. The molecule has 0 bridgehead atoms. The molecule has 0 saturated carbocycles. The summed E-state index contributed by atoms with van der Waals surface area (Å²) in [5, 5.41) is 6.86. The predicted molar refractivity (Wildman–Crippen MR) is 270 cm³/mol. The van der Waals surface area contributed by atoms with E-state index in [1.165, 1.54) is 21.8 Å². The highest BCUT2D eigenvalue weighted by Gasteiger charge is 2.21. The van der Waals surface area contributed by atoms with Crippen LogP contribution >= 0.6 is 0 Å². The second-order valence-electron chi connectivity index (χ2n) is 16.6. The maximum atomic E-state index is 6.51. The number of hydrogen-bond acceptors (Lipinski definition) is 4. The lowest BCUT2D eigenvalue weighted by atomic mass is 10.0. The minimum Gasteiger partial charge on any atom is -0.456 e. The third kappa shape index (κ3) is 6.16. The van der Waals surface area contributed by atoms with Crippen LogP contribution in [-0.4, -0.2) is 4.57 Å². The van der Waals surface area contributed by atoms with Crippen LogP contribution in [0.5, 0.6) is 0 Å². The summed E-state index contributed by atoms with van der Waals surface area (Å²) in [6.45, 7) is 0. The number of hydrogen-bond donors (Lipinski definition) is 0. The molecule has 13 aromatic rings. The number of fused-ring (bicyclic) bond motifs is 9. The minimum absolute atomic E-state index is 0.838. The van der Waals surface area contributed by atoms with Gasteiger partial charge in [0, 0.05) is 84.3 Å². The van der Waals surface area contributed by atoms with Crippen molar-refractivity contribution < 1.29 is 8.83 Å². The van der Waals surface area contributed by atoms with Crippen LogP contribution < -0.4 is 9.80 Å². The van der Waals surface area contributed by atoms with E-state index in [0.717, 1.165) is 94.8 Å². The number of para-hydroxylation sites is 5. The third-order valence-corrected chi connectivity index (χ3v) is 12.7. The molecule has 306 valence electrons. The van der Waals surface area contributed by atoms with Crippen molar-refractivity contribution in [2.24, 2.45) is 0 Å². The average Bonchev–Trinajstić information content (AvgIpc) is 4.04. The van der Waals surface area contributed by atoms with Gasteiger partial charge in [-0.3, -0.25) is 0 Å². The number of anilines is 6. The van der Waals surface area contributed by atoms with Crippen molar-refractivity contribution in [2.45, 2.75) is 0 Å². The Morgan fingerprint density at radius 1 is 0.262 bits per heavy atom. The highest BCUT2D eigenvalue weighted by atomic mass is 16.3. The summed E-state index contributed by atoms with van der Waals surface area (Å²) in [6.07, 6.45) is 0. The molecule has 0 fully saturated rings. The Kier molecular flexibility index (Phi) is 8.46. The van der Waals surface area contributed by atoms with Crippen molar-refractivity contribution >= 4 is 99.8 Å². The smallest absolute Gasteiger partial charge is 0.137 e. The average molecular weight is 834 g/mol. The quantitative estimate of drug-likeness (QED) is 0.153. The Balaban J connectivity index is 0.981. The lowest BCUT2D eigenvalue weighted by molar-refractivity contribution is 0.668. The monoisotopic (exact) mass is 833 g/mol. The van der Waals surface area contributed by atoms with Gasteiger partial charge in [0.2, 0.25) is 0 Å². The molecule has 3 heterocycles. The molecule has 0 radical (unpaired) electrons. The first-order valence-corrected chi connectivity index (χ1v) is 22.0. The maximum Gasteiger partial charge on any atom is 0.137 e. The van der Waals surface area contributed by atoms with Gasteiger partial charge in [-0.2, -0.15) is 0 Å². The second-order valence-corrected chi connectivity index (χ2v) is 16.6. The zero-order chi connectivity index (χ0) is 42.8. The number of furan rings is 2. The Hall–Kier alpha value is -8.80. The van der Waals surface area contributed by atoms with E-state index in [9.17, 15) is 0 Å². The van der Waals surface area contributed by atoms with E-state index >= 15 is 0 Å². The van der Waals surface area contributed by atoms with Gasteiger partial charge in [0.25, 0.3) is 0 Å². The molecule has 0 aliphatic heterocycles. The number of benzene rings is 10. The van der Waals surface area contributed by atoms with Gasteiger partial charge in [-0.15, -0.1) is 0 Å². The van der Waals surface area contributed by atoms with Gasteiger partial charge >= 0.3 is 0 Å². The number of aromatic nitrogens is 1. The lowest BCUT2D eigenvalue weighted by Crippen LogP contribution is -2.13. The van der Waals surface area contributed by atoms with Gasteiger partial charge < -0.3 is 23.2 Å². The topological polar surface area (TPSA) is 37.7 Å². The first-order chi connectivity index (χ1) is 32.2. The van der Waals surface area contributed by atoms with Crippen molar-refractivity contribution in [3.8, 4) is 16.8 Å². The van der Waals surface area contributed by atoms with Crippen LogP contribution in [-0.2, 0) is 0 Å². The minimum atomic E-state index is 0.838. The normalized spacial score (nSPS) is 11.7. The van der Waals surface area contributed by atoms with E-state index in [0.29, 0.717) is 0 Å². The standard InChI is InChI=1S/C60H39N3O2/c1-3-16-42(17-4-1)61(47-30-33-53-51-24-8-11-27-57(51)64-59(53)38-47)45-21-14-22-46(37-45)62(48-31-34-54-52-25-9-12-28-58(52)65-60(54)39-48)44-20-13-15-40(35-44)41-29-32-50-49-23-7-10-26-55(49)63(56(50)36-41)43-18-5-2-6-19-43/h1-39H. The summed E-state index contributed by atoms with van der Waals surface area (Å²) in [5.74, 6) is 0. The van der Waals surface area contributed by atoms with E-state index < -0.39 is 0 Å². The van der Waals surface area contributed by atoms with Crippen molar-refractivity contribution in [2.75, 3.05) is 9.80 Å². The van der Waals surface area contributed by atoms with E-state index in [4.69, 9.17) is 8.83 Å². The van der Waals surface area contributed by atoms with Crippen molar-refractivity contribution in [3.63, 3.8) is 0 Å². The van der Waals surface area contributed by atoms with E-state index in [1.807, 2.05) is 24.3 Å². The van der Waals surface area contributed by atoms with Crippen molar-refractivity contribution in [1.82, 2.24) is 4.57 Å². The molecule has 65 heavy (non-hydrogen) atoms. The summed E-state index contributed by atoms with van der Waals surface area (Å²) >= 11 is 0. The molecule has 0 aliphatic rings. The molecule has 5 nitrogen and oxygen atoms in total. The predicted octanol–water partition coefficient (Wildman–Crippen LogP) is 17.2. The molecular weight excluding hydrogens is 795 g/mol. The van der Waals surface area contributed by atoms with Crippen LogP contribution in [0.1, 0.15) is 0 Å². The van der Waals surface area contributed by atoms with Gasteiger partial charge in [-0.25, -0.2) is 0 Å². The molecule has 0 spiro atoms. The molecule has 10 aromatic carbocycles. The summed E-state index contributed by atoms with van der Waals surface area (Å²) in [4.78, 5) is 4.64. The van der Waals surface area contributed by atoms with Gasteiger partial charge in [0.15, 0.2) is 0 Å². The summed E-state index contributed by atoms with van der Waals surface area (Å²) < 4.78 is 15.3. The summed E-state index contributed by atoms with van der Waals surface area (Å²) in [6, 6.07) is 83.9. The van der Waals surface area contributed by atoms with Gasteiger partial charge in [0.05, 0.1) is 11.0 Å². The zero-order valence-corrected chi connectivity index (χ0v) is 35.2. The van der Waals surface area contributed by atoms with Crippen molar-refractivity contribution in [3.05, 3.63) is 237 Å². The highest BCUT2D eigenvalue weighted by Crippen LogP contribution is 2.44. The van der Waals surface area contributed by atoms with Crippen molar-refractivity contribution in [1.29, 1.82) is 0 Å². The van der Waals surface area contributed by atoms with Crippen LogP contribution in [0.2, 0.25) is 0 Å². The molecule has 0 saturated heterocycles. The fourth-order valence-electron chi connectivity index (χ4n) is 9.78. The SMILES string of the molecule is c1ccc(N(c2cccc(N(c3cccc(-c4ccc5c6ccccc6n(-c6ccccc6)c5c4)c3)c3ccc4c(c3)oc3ccccc34)c2)c2ccc3c(c2)oc2ccccc23)cc1. The maximum absolute atomic E-state index is 6.51. The Labute approximate surface area is 374 Å². The fourth-order valence-corrected chi connectivity index (χ4v) is 9.78. The van der Waals surface area contributed by atoms with Gasteiger partial charge in [-0.1, -0.05) is 121 Å². The van der Waals surface area contributed by atoms with Crippen LogP contribution in [0, 0.1) is 0 Å². The Morgan fingerprint density at radius 3 is 1.37 bits per heavy atom. The molecule has 5 heteroatoms. The molecule has 0 N–H and O–H groups in total. The Morgan fingerprint density at radius 2 is 0.708 bits per heavy atom. The van der Waals surface area contributed by atoms with Crippen LogP contribution in [0.25, 0.3) is 82.5 Å². The largest absolute Gasteiger partial charge is 0.456 e. The van der Waals surface area contributed by atoms with E-state index in [2.05, 4.69) is 227 Å². The van der Waals surface area contributed by atoms with Crippen LogP contribution in [0.15, 0.2) is 245 Å². The van der Waals surface area contributed by atoms with Crippen LogP contribution in [0.4, 0.5) is 34.1 Å². The zero-order valence-electron chi connectivity index (χ0n) is 35.2.